The number of halogens is 2. The lowest BCUT2D eigenvalue weighted by Gasteiger charge is -2.20. The third kappa shape index (κ3) is 2.35. The summed E-state index contributed by atoms with van der Waals surface area (Å²) in [5.41, 5.74) is -0.708. The third-order valence-electron chi connectivity index (χ3n) is 2.71. The van der Waals surface area contributed by atoms with E-state index in [9.17, 15) is 9.90 Å². The molecule has 100 valence electrons. The fraction of sp³-hybridized carbons (Fsp3) is 0.273. The average molecular weight is 346 g/mol. The normalized spacial score (nSPS) is 11.6. The van der Waals surface area contributed by atoms with Crippen LogP contribution in [0.25, 0.3) is 11.4 Å². The summed E-state index contributed by atoms with van der Waals surface area (Å²) in [5, 5.41) is 20.9. The van der Waals surface area contributed by atoms with Crippen molar-refractivity contribution in [3.05, 3.63) is 27.7 Å². The van der Waals surface area contributed by atoms with Crippen LogP contribution in [0.5, 0.6) is 0 Å². The van der Waals surface area contributed by atoms with E-state index in [2.05, 4.69) is 31.5 Å². The van der Waals surface area contributed by atoms with Crippen molar-refractivity contribution in [2.75, 3.05) is 0 Å². The molecule has 0 aliphatic heterocycles. The maximum absolute atomic E-state index is 11.3. The smallest absolute Gasteiger partial charge is 0.331 e. The van der Waals surface area contributed by atoms with Gasteiger partial charge in [-0.05, 0) is 52.3 Å². The lowest BCUT2D eigenvalue weighted by atomic mass is 10.1. The molecule has 0 radical (unpaired) electrons. The SMILES string of the molecule is CC(C)(C(=O)O)n1nnnc1-c1cccc(Br)c1Cl. The molecule has 0 unspecified atom stereocenters. The van der Waals surface area contributed by atoms with Crippen LogP contribution in [-0.2, 0) is 10.3 Å². The van der Waals surface area contributed by atoms with Crippen molar-refractivity contribution in [1.82, 2.24) is 20.2 Å². The van der Waals surface area contributed by atoms with Crippen LogP contribution >= 0.6 is 27.5 Å². The minimum absolute atomic E-state index is 0.304. The number of carboxylic acids is 1. The van der Waals surface area contributed by atoms with Gasteiger partial charge in [0.15, 0.2) is 11.4 Å². The maximum atomic E-state index is 11.3. The monoisotopic (exact) mass is 344 g/mol. The average Bonchev–Trinajstić information content (AvgIpc) is 2.82. The van der Waals surface area contributed by atoms with Crippen molar-refractivity contribution in [2.24, 2.45) is 0 Å². The lowest BCUT2D eigenvalue weighted by Crippen LogP contribution is -2.37. The molecule has 1 heterocycles. The van der Waals surface area contributed by atoms with Crippen molar-refractivity contribution < 1.29 is 9.90 Å². The van der Waals surface area contributed by atoms with Gasteiger partial charge in [-0.25, -0.2) is 9.48 Å². The molecule has 2 aromatic rings. The van der Waals surface area contributed by atoms with Gasteiger partial charge in [-0.15, -0.1) is 5.10 Å². The number of aliphatic carboxylic acids is 1. The van der Waals surface area contributed by atoms with E-state index in [-0.39, 0.29) is 0 Å². The van der Waals surface area contributed by atoms with Gasteiger partial charge in [0.1, 0.15) is 0 Å². The fourth-order valence-electron chi connectivity index (χ4n) is 1.50. The number of rotatable bonds is 3. The largest absolute Gasteiger partial charge is 0.479 e. The summed E-state index contributed by atoms with van der Waals surface area (Å²) in [7, 11) is 0. The Morgan fingerprint density at radius 1 is 1.47 bits per heavy atom. The summed E-state index contributed by atoms with van der Waals surface area (Å²) in [4.78, 5) is 11.3. The number of hydrogen-bond acceptors (Lipinski definition) is 4. The Kier molecular flexibility index (Phi) is 3.60. The minimum atomic E-state index is -1.27. The van der Waals surface area contributed by atoms with Gasteiger partial charge in [0.25, 0.3) is 0 Å². The van der Waals surface area contributed by atoms with E-state index >= 15 is 0 Å². The van der Waals surface area contributed by atoms with Crippen LogP contribution in [-0.4, -0.2) is 31.3 Å². The van der Waals surface area contributed by atoms with Crippen LogP contribution in [0.3, 0.4) is 0 Å². The summed E-state index contributed by atoms with van der Waals surface area (Å²) in [6.45, 7) is 3.03. The molecular formula is C11H10BrClN4O2. The molecule has 0 fully saturated rings. The van der Waals surface area contributed by atoms with E-state index in [1.165, 1.54) is 18.5 Å². The molecule has 1 aromatic heterocycles. The Morgan fingerprint density at radius 2 is 2.16 bits per heavy atom. The quantitative estimate of drug-likeness (QED) is 0.924. The van der Waals surface area contributed by atoms with Crippen molar-refractivity contribution in [3.63, 3.8) is 0 Å². The van der Waals surface area contributed by atoms with Crippen molar-refractivity contribution in [2.45, 2.75) is 19.4 Å². The van der Waals surface area contributed by atoms with Gasteiger partial charge in [-0.3, -0.25) is 0 Å². The number of carboxylic acid groups (broad SMARTS) is 1. The molecule has 6 nitrogen and oxygen atoms in total. The Bertz CT molecular complexity index is 641. The first-order valence-corrected chi connectivity index (χ1v) is 6.49. The van der Waals surface area contributed by atoms with Crippen LogP contribution in [0.15, 0.2) is 22.7 Å². The first kappa shape index (κ1) is 14.0. The first-order valence-electron chi connectivity index (χ1n) is 5.32. The molecule has 0 atom stereocenters. The zero-order valence-electron chi connectivity index (χ0n) is 10.1. The van der Waals surface area contributed by atoms with E-state index < -0.39 is 11.5 Å². The van der Waals surface area contributed by atoms with Crippen LogP contribution in [0.1, 0.15) is 13.8 Å². The number of carbonyl (C=O) groups is 1. The van der Waals surface area contributed by atoms with Gasteiger partial charge in [0, 0.05) is 10.0 Å². The van der Waals surface area contributed by atoms with Crippen LogP contribution in [0, 0.1) is 0 Å². The van der Waals surface area contributed by atoms with Gasteiger partial charge in [-0.1, -0.05) is 17.7 Å². The van der Waals surface area contributed by atoms with Crippen molar-refractivity contribution >= 4 is 33.5 Å². The second-order valence-electron chi connectivity index (χ2n) is 4.38. The third-order valence-corrected chi connectivity index (χ3v) is 4.01. The van der Waals surface area contributed by atoms with Crippen LogP contribution in [0.4, 0.5) is 0 Å². The summed E-state index contributed by atoms with van der Waals surface area (Å²) in [6, 6.07) is 5.29. The second kappa shape index (κ2) is 4.90. The lowest BCUT2D eigenvalue weighted by molar-refractivity contribution is -0.146. The van der Waals surface area contributed by atoms with Gasteiger partial charge in [-0.2, -0.15) is 0 Å². The number of aromatic nitrogens is 4. The highest BCUT2D eigenvalue weighted by Gasteiger charge is 2.34. The van der Waals surface area contributed by atoms with Crippen LogP contribution < -0.4 is 0 Å². The summed E-state index contributed by atoms with van der Waals surface area (Å²) in [5.74, 6) is -0.731. The number of benzene rings is 1. The standard InChI is InChI=1S/C11H10BrClN4O2/c1-11(2,10(18)19)17-9(14-15-16-17)6-4-3-5-7(12)8(6)13/h3-5H,1-2H3,(H,18,19). The topological polar surface area (TPSA) is 80.9 Å². The maximum Gasteiger partial charge on any atom is 0.331 e. The van der Waals surface area contributed by atoms with E-state index in [1.54, 1.807) is 18.2 Å². The second-order valence-corrected chi connectivity index (χ2v) is 5.61. The van der Waals surface area contributed by atoms with Crippen LogP contribution in [0.2, 0.25) is 5.02 Å². The van der Waals surface area contributed by atoms with E-state index in [4.69, 9.17) is 11.6 Å². The van der Waals surface area contributed by atoms with Gasteiger partial charge < -0.3 is 5.11 Å². The molecular weight excluding hydrogens is 336 g/mol. The molecule has 1 N–H and O–H groups in total. The number of hydrogen-bond donors (Lipinski definition) is 1. The molecule has 0 aliphatic rings. The Balaban J connectivity index is 2.63. The number of tetrazole rings is 1. The van der Waals surface area contributed by atoms with Gasteiger partial charge >= 0.3 is 5.97 Å². The van der Waals surface area contributed by atoms with Gasteiger partial charge in [0.05, 0.1) is 5.02 Å². The first-order chi connectivity index (χ1) is 8.85. The Hall–Kier alpha value is -1.47. The molecule has 0 amide bonds. The summed E-state index contributed by atoms with van der Waals surface area (Å²) >= 11 is 9.49. The predicted molar refractivity (Wildman–Crippen MR) is 72.9 cm³/mol. The molecule has 0 saturated carbocycles. The summed E-state index contributed by atoms with van der Waals surface area (Å²) < 4.78 is 1.93. The van der Waals surface area contributed by atoms with E-state index in [0.717, 1.165) is 0 Å². The minimum Gasteiger partial charge on any atom is -0.479 e. The predicted octanol–water partition coefficient (Wildman–Crippen LogP) is 2.58. The molecule has 0 aliphatic carbocycles. The molecule has 0 bridgehead atoms. The zero-order valence-corrected chi connectivity index (χ0v) is 12.5. The van der Waals surface area contributed by atoms with Crippen molar-refractivity contribution in [3.8, 4) is 11.4 Å². The fourth-order valence-corrected chi connectivity index (χ4v) is 2.08. The Labute approximate surface area is 122 Å². The molecule has 0 spiro atoms. The Morgan fingerprint density at radius 3 is 2.79 bits per heavy atom. The summed E-state index contributed by atoms with van der Waals surface area (Å²) in [6.07, 6.45) is 0. The highest BCUT2D eigenvalue weighted by molar-refractivity contribution is 9.10. The van der Waals surface area contributed by atoms with Crippen molar-refractivity contribution in [1.29, 1.82) is 0 Å². The molecule has 8 heteroatoms. The zero-order chi connectivity index (χ0) is 14.2. The molecule has 19 heavy (non-hydrogen) atoms. The van der Waals surface area contributed by atoms with Gasteiger partial charge in [0.2, 0.25) is 0 Å². The number of nitrogens with zero attached hydrogens (tertiary/aromatic N) is 4. The van der Waals surface area contributed by atoms with E-state index in [1.807, 2.05) is 0 Å². The molecule has 1 aromatic carbocycles. The molecule has 2 rings (SSSR count). The highest BCUT2D eigenvalue weighted by atomic mass is 79.9. The molecule has 0 saturated heterocycles. The van der Waals surface area contributed by atoms with E-state index in [0.29, 0.717) is 20.9 Å². The highest BCUT2D eigenvalue weighted by Crippen LogP contribution is 2.33.